The highest BCUT2D eigenvalue weighted by Gasteiger charge is 2.52. The fourth-order valence-electron chi connectivity index (χ4n) is 8.35. The zero-order chi connectivity index (χ0) is 46.0. The first-order valence-corrected chi connectivity index (χ1v) is 26.4. The highest BCUT2D eigenvalue weighted by Crippen LogP contribution is 2.39. The summed E-state index contributed by atoms with van der Waals surface area (Å²) in [6.07, 6.45) is 13.2. The molecule has 4 rings (SSSR count). The van der Waals surface area contributed by atoms with Crippen LogP contribution in [0.25, 0.3) is 0 Å². The average Bonchev–Trinajstić information content (AvgIpc) is 3.24. The number of hydrogen-bond donors (Lipinski definition) is 1. The van der Waals surface area contributed by atoms with E-state index in [1.807, 2.05) is 26.8 Å². The Hall–Kier alpha value is -4.36. The lowest BCUT2D eigenvalue weighted by Crippen LogP contribution is -2.67. The molecule has 1 N–H and O–H groups in total. The van der Waals surface area contributed by atoms with E-state index in [0.717, 1.165) is 12.8 Å². The summed E-state index contributed by atoms with van der Waals surface area (Å²) in [5.41, 5.74) is -0.552. The quantitative estimate of drug-likeness (QED) is 0.0346. The predicted octanol–water partition coefficient (Wildman–Crippen LogP) is 10.6. The number of methoxy groups -OCH3 is 1. The second-order valence-corrected chi connectivity index (χ2v) is 27.8. The van der Waals surface area contributed by atoms with Gasteiger partial charge in [-0.05, 0) is 83.7 Å². The van der Waals surface area contributed by atoms with Gasteiger partial charge in [-0.1, -0.05) is 193 Å². The molecule has 7 nitrogen and oxygen atoms in total. The average molecular weight is 890 g/mol. The third-order valence-electron chi connectivity index (χ3n) is 11.2. The Labute approximate surface area is 382 Å². The van der Waals surface area contributed by atoms with Gasteiger partial charge in [-0.3, -0.25) is 0 Å². The largest absolute Gasteiger partial charge is 0.444 e. The lowest BCUT2D eigenvalue weighted by Gasteiger charge is -2.45. The second kappa shape index (κ2) is 24.1. The number of carbonyl (C=O) groups excluding carboxylic acids is 1. The van der Waals surface area contributed by atoms with Crippen LogP contribution in [0.5, 0.6) is 0 Å². The van der Waals surface area contributed by atoms with E-state index in [-0.39, 0.29) is 35.2 Å². The number of alkyl carbamates (subject to hydrolysis) is 1. The van der Waals surface area contributed by atoms with Gasteiger partial charge in [0.05, 0.1) is 18.3 Å². The lowest BCUT2D eigenvalue weighted by atomic mass is 10.1. The normalized spacial score (nSPS) is 14.4. The van der Waals surface area contributed by atoms with E-state index in [0.29, 0.717) is 25.8 Å². The van der Waals surface area contributed by atoms with Crippen molar-refractivity contribution in [1.82, 2.24) is 5.32 Å². The summed E-state index contributed by atoms with van der Waals surface area (Å²) in [5.74, 6) is 0. The van der Waals surface area contributed by atoms with Crippen LogP contribution in [-0.2, 0) is 23.1 Å². The topological polar surface area (TPSA) is 75.3 Å². The number of benzene rings is 4. The fraction of sp³-hybridized carbons (Fsp3) is 0.426. The maximum absolute atomic E-state index is 12.3. The fourth-order valence-corrected chi connectivity index (χ4v) is 17.6. The molecule has 0 aromatic heterocycles. The molecule has 0 heterocycles. The Morgan fingerprint density at radius 1 is 0.619 bits per heavy atom. The number of ether oxygens (including phenoxy) is 3. The van der Waals surface area contributed by atoms with Gasteiger partial charge in [0.2, 0.25) is 0 Å². The van der Waals surface area contributed by atoms with Gasteiger partial charge in [0.25, 0.3) is 16.6 Å². The molecular formula is C54H75NO6Si2. The molecule has 0 fully saturated rings. The van der Waals surface area contributed by atoms with Crippen molar-refractivity contribution < 1.29 is 27.9 Å². The second-order valence-electron chi connectivity index (χ2n) is 19.3. The van der Waals surface area contributed by atoms with Crippen LogP contribution in [0.2, 0.25) is 10.1 Å². The first-order chi connectivity index (χ1) is 30.0. The van der Waals surface area contributed by atoms with Crippen molar-refractivity contribution in [3.8, 4) is 0 Å². The molecule has 3 atom stereocenters. The minimum atomic E-state index is -2.94. The lowest BCUT2D eigenvalue weighted by molar-refractivity contribution is -0.0731. The molecule has 0 saturated carbocycles. The molecule has 0 saturated heterocycles. The zero-order valence-electron chi connectivity index (χ0n) is 39.8. The molecule has 4 aromatic rings. The van der Waals surface area contributed by atoms with Crippen LogP contribution < -0.4 is 26.1 Å². The van der Waals surface area contributed by atoms with Crippen LogP contribution in [0.3, 0.4) is 0 Å². The Balaban J connectivity index is 1.73. The molecule has 0 aliphatic heterocycles. The molecule has 4 aromatic carbocycles. The van der Waals surface area contributed by atoms with Gasteiger partial charge in [-0.2, -0.15) is 0 Å². The van der Waals surface area contributed by atoms with E-state index in [2.05, 4.69) is 199 Å². The maximum atomic E-state index is 12.3. The van der Waals surface area contributed by atoms with Crippen LogP contribution >= 0.6 is 0 Å². The van der Waals surface area contributed by atoms with E-state index < -0.39 is 28.3 Å². The van der Waals surface area contributed by atoms with Crippen LogP contribution in [0.1, 0.15) is 94.4 Å². The van der Waals surface area contributed by atoms with E-state index in [4.69, 9.17) is 23.1 Å². The van der Waals surface area contributed by atoms with Gasteiger partial charge >= 0.3 is 6.09 Å². The monoisotopic (exact) mass is 890 g/mol. The first-order valence-electron chi connectivity index (χ1n) is 22.6. The van der Waals surface area contributed by atoms with E-state index in [1.54, 1.807) is 7.11 Å². The highest BCUT2D eigenvalue weighted by molar-refractivity contribution is 7.00. The van der Waals surface area contributed by atoms with Crippen molar-refractivity contribution in [1.29, 1.82) is 0 Å². The maximum Gasteiger partial charge on any atom is 0.407 e. The number of hydrogen-bond acceptors (Lipinski definition) is 6. The van der Waals surface area contributed by atoms with E-state index in [1.165, 1.54) is 20.7 Å². The minimum Gasteiger partial charge on any atom is -0.444 e. The van der Waals surface area contributed by atoms with Crippen LogP contribution in [0.4, 0.5) is 4.79 Å². The third-order valence-corrected chi connectivity index (χ3v) is 21.3. The summed E-state index contributed by atoms with van der Waals surface area (Å²) in [6, 6.07) is 43.2. The van der Waals surface area contributed by atoms with Crippen molar-refractivity contribution in [2.24, 2.45) is 0 Å². The van der Waals surface area contributed by atoms with Crippen LogP contribution in [0, 0.1) is 0 Å². The Bertz CT molecular complexity index is 1910. The van der Waals surface area contributed by atoms with E-state index in [9.17, 15) is 4.79 Å². The number of amides is 1. The summed E-state index contributed by atoms with van der Waals surface area (Å²) >= 11 is 0. The predicted molar refractivity (Wildman–Crippen MR) is 268 cm³/mol. The van der Waals surface area contributed by atoms with Crippen molar-refractivity contribution >= 4 is 43.5 Å². The number of rotatable bonds is 23. The summed E-state index contributed by atoms with van der Waals surface area (Å²) in [5, 5.41) is 7.43. The number of carbonyl (C=O) groups is 1. The van der Waals surface area contributed by atoms with Gasteiger partial charge in [0.1, 0.15) is 12.4 Å². The molecule has 0 radical (unpaired) electrons. The molecule has 0 bridgehead atoms. The molecule has 0 aliphatic rings. The van der Waals surface area contributed by atoms with Gasteiger partial charge in [-0.25, -0.2) is 4.79 Å². The summed E-state index contributed by atoms with van der Waals surface area (Å²) < 4.78 is 32.3. The summed E-state index contributed by atoms with van der Waals surface area (Å²) in [6.45, 7) is 24.3. The SMILES string of the molecule is C=CC[C@@H](/C=C/C[C@@H](/C=C/C[C@@H](CCCNC(=O)OC(C)(C)C)OCOC)O[Si](c1ccccc1)(c1ccccc1)C(C)(C)C)O[Si](c1ccccc1)(c1ccccc1)C(C)(C)C. The molecule has 9 heteroatoms. The van der Waals surface area contributed by atoms with Gasteiger partial charge < -0.3 is 28.4 Å². The molecule has 63 heavy (non-hydrogen) atoms. The van der Waals surface area contributed by atoms with Crippen molar-refractivity contribution in [2.75, 3.05) is 20.4 Å². The number of nitrogens with one attached hydrogen (secondary N) is 1. The van der Waals surface area contributed by atoms with Gasteiger partial charge in [0.15, 0.2) is 0 Å². The highest BCUT2D eigenvalue weighted by atomic mass is 28.4. The molecule has 0 unspecified atom stereocenters. The van der Waals surface area contributed by atoms with E-state index >= 15 is 0 Å². The van der Waals surface area contributed by atoms with Gasteiger partial charge in [0, 0.05) is 13.7 Å². The molecule has 0 spiro atoms. The molecule has 340 valence electrons. The van der Waals surface area contributed by atoms with Crippen LogP contribution in [0.15, 0.2) is 158 Å². The molecule has 0 aliphatic carbocycles. The molecule has 1 amide bonds. The summed E-state index contributed by atoms with van der Waals surface area (Å²) in [7, 11) is -4.15. The van der Waals surface area contributed by atoms with Gasteiger partial charge in [-0.15, -0.1) is 6.58 Å². The Morgan fingerprint density at radius 2 is 1.02 bits per heavy atom. The molecular weight excluding hydrogens is 815 g/mol. The summed E-state index contributed by atoms with van der Waals surface area (Å²) in [4.78, 5) is 12.3. The van der Waals surface area contributed by atoms with Crippen LogP contribution in [-0.4, -0.2) is 67.1 Å². The third kappa shape index (κ3) is 14.6. The Kier molecular flexibility index (Phi) is 19.6. The smallest absolute Gasteiger partial charge is 0.407 e. The van der Waals surface area contributed by atoms with Crippen molar-refractivity contribution in [3.63, 3.8) is 0 Å². The Morgan fingerprint density at radius 3 is 1.38 bits per heavy atom. The zero-order valence-corrected chi connectivity index (χ0v) is 41.8. The first kappa shape index (κ1) is 51.3. The minimum absolute atomic E-state index is 0.123. The van der Waals surface area contributed by atoms with Crippen molar-refractivity contribution in [3.05, 3.63) is 158 Å². The van der Waals surface area contributed by atoms with Crippen molar-refractivity contribution in [2.45, 2.75) is 128 Å². The standard InChI is InChI=1S/C54H75NO6Si2/c1-12-28-45(60-62(53(5,6)7,47-34-17-13-18-35-47)48-36-19-14-20-37-48)30-26-32-46(31-25-29-44(58-43-57-11)33-27-42-55-51(56)59-52(2,3)4)61-63(54(8,9)10,49-38-21-15-22-39-49)50-40-23-16-24-41-50/h12-26,30-31,34-41,44-46H,1,27-29,32-33,42-43H2,2-11H3,(H,55,56)/b30-26+,31-25+/t44-,45-,46+/m0/s1.